The van der Waals surface area contributed by atoms with Gasteiger partial charge in [-0.3, -0.25) is 4.79 Å². The Hall–Kier alpha value is -2.88. The first-order valence-electron chi connectivity index (χ1n) is 8.33. The summed E-state index contributed by atoms with van der Waals surface area (Å²) in [5.41, 5.74) is 3.77. The van der Waals surface area contributed by atoms with Gasteiger partial charge in [-0.15, -0.1) is 0 Å². The van der Waals surface area contributed by atoms with Gasteiger partial charge < -0.3 is 9.32 Å². The molecule has 3 aromatic rings. The Morgan fingerprint density at radius 1 is 1.16 bits per heavy atom. The predicted molar refractivity (Wildman–Crippen MR) is 92.9 cm³/mol. The number of hydrogen-bond acceptors (Lipinski definition) is 2. The highest BCUT2D eigenvalue weighted by atomic mass is 19.1. The highest BCUT2D eigenvalue weighted by molar-refractivity contribution is 5.94. The van der Waals surface area contributed by atoms with Gasteiger partial charge in [-0.1, -0.05) is 36.4 Å². The lowest BCUT2D eigenvalue weighted by atomic mass is 9.88. The van der Waals surface area contributed by atoms with Crippen LogP contribution in [0.5, 0.6) is 0 Å². The monoisotopic (exact) mass is 335 g/mol. The smallest absolute Gasteiger partial charge is 0.257 e. The van der Waals surface area contributed by atoms with Gasteiger partial charge in [0.05, 0.1) is 11.6 Å². The predicted octanol–water partition coefficient (Wildman–Crippen LogP) is 4.52. The minimum absolute atomic E-state index is 0.0688. The largest absolute Gasteiger partial charge is 0.469 e. The van der Waals surface area contributed by atoms with E-state index in [9.17, 15) is 9.18 Å². The summed E-state index contributed by atoms with van der Waals surface area (Å²) in [6, 6.07) is 16.0. The van der Waals surface area contributed by atoms with E-state index < -0.39 is 0 Å². The number of hydrogen-bond donors (Lipinski definition) is 0. The van der Waals surface area contributed by atoms with Crippen LogP contribution in [0.3, 0.4) is 0 Å². The summed E-state index contributed by atoms with van der Waals surface area (Å²) in [7, 11) is 0. The van der Waals surface area contributed by atoms with E-state index in [0.29, 0.717) is 17.9 Å². The summed E-state index contributed by atoms with van der Waals surface area (Å²) in [5.74, 6) is 0.357. The fourth-order valence-electron chi connectivity index (χ4n) is 3.51. The van der Waals surface area contributed by atoms with Crippen molar-refractivity contribution in [1.29, 1.82) is 0 Å². The molecule has 2 heterocycles. The maximum Gasteiger partial charge on any atom is 0.257 e. The molecule has 0 N–H and O–H groups in total. The highest BCUT2D eigenvalue weighted by Crippen LogP contribution is 2.36. The van der Waals surface area contributed by atoms with E-state index in [-0.39, 0.29) is 17.8 Å². The molecule has 4 heteroatoms. The van der Waals surface area contributed by atoms with Crippen molar-refractivity contribution in [1.82, 2.24) is 4.90 Å². The second-order valence-corrected chi connectivity index (χ2v) is 6.35. The highest BCUT2D eigenvalue weighted by Gasteiger charge is 2.32. The summed E-state index contributed by atoms with van der Waals surface area (Å²) in [5, 5.41) is 0. The quantitative estimate of drug-likeness (QED) is 0.690. The van der Waals surface area contributed by atoms with Crippen LogP contribution in [0, 0.1) is 12.7 Å². The summed E-state index contributed by atoms with van der Waals surface area (Å²) in [6.07, 6.45) is 2.30. The van der Waals surface area contributed by atoms with Gasteiger partial charge in [0.15, 0.2) is 0 Å². The second kappa shape index (κ2) is 6.20. The molecule has 0 fully saturated rings. The molecule has 1 aromatic heterocycles. The minimum atomic E-state index is -0.281. The van der Waals surface area contributed by atoms with Crippen molar-refractivity contribution in [3.63, 3.8) is 0 Å². The Morgan fingerprint density at radius 2 is 1.92 bits per heavy atom. The van der Waals surface area contributed by atoms with Crippen LogP contribution in [0.4, 0.5) is 4.39 Å². The van der Waals surface area contributed by atoms with E-state index >= 15 is 0 Å². The normalized spacial score (nSPS) is 16.6. The van der Waals surface area contributed by atoms with Crippen molar-refractivity contribution in [3.05, 3.63) is 94.7 Å². The molecule has 0 saturated carbocycles. The van der Waals surface area contributed by atoms with Crippen molar-refractivity contribution in [2.24, 2.45) is 0 Å². The zero-order valence-corrected chi connectivity index (χ0v) is 13.9. The number of aryl methyl sites for hydroxylation is 1. The number of amides is 1. The number of carbonyl (C=O) groups excluding carboxylic acids is 1. The van der Waals surface area contributed by atoms with Gasteiger partial charge in [0.1, 0.15) is 17.8 Å². The number of fused-ring (bicyclic) bond motifs is 1. The third-order valence-electron chi connectivity index (χ3n) is 4.71. The van der Waals surface area contributed by atoms with Crippen LogP contribution in [0.1, 0.15) is 38.9 Å². The van der Waals surface area contributed by atoms with Gasteiger partial charge in [-0.05, 0) is 48.2 Å². The summed E-state index contributed by atoms with van der Waals surface area (Å²) in [4.78, 5) is 14.9. The van der Waals surface area contributed by atoms with Crippen molar-refractivity contribution in [2.45, 2.75) is 19.4 Å². The molecule has 1 atom stereocenters. The number of carbonyl (C=O) groups is 1. The molecule has 2 aromatic carbocycles. The van der Waals surface area contributed by atoms with E-state index in [0.717, 1.165) is 17.5 Å². The maximum absolute atomic E-state index is 13.4. The summed E-state index contributed by atoms with van der Waals surface area (Å²) in [6.45, 7) is 2.43. The SMILES string of the molecule is Cc1cc(C(=O)N2CCc3ccccc3C2c2ccc(F)cc2)co1. The molecule has 1 unspecified atom stereocenters. The molecule has 0 radical (unpaired) electrons. The zero-order chi connectivity index (χ0) is 17.4. The fourth-order valence-corrected chi connectivity index (χ4v) is 3.51. The van der Waals surface area contributed by atoms with Gasteiger partial charge in [0, 0.05) is 6.54 Å². The molecule has 0 saturated heterocycles. The van der Waals surface area contributed by atoms with Gasteiger partial charge >= 0.3 is 0 Å². The average molecular weight is 335 g/mol. The topological polar surface area (TPSA) is 33.5 Å². The molecular formula is C21H18FNO2. The summed E-state index contributed by atoms with van der Waals surface area (Å²) >= 11 is 0. The lowest BCUT2D eigenvalue weighted by Gasteiger charge is -2.37. The Morgan fingerprint density at radius 3 is 2.64 bits per heavy atom. The molecule has 1 aliphatic heterocycles. The Bertz CT molecular complexity index is 914. The lowest BCUT2D eigenvalue weighted by molar-refractivity contribution is 0.0694. The van der Waals surface area contributed by atoms with Crippen molar-refractivity contribution in [3.8, 4) is 0 Å². The molecule has 0 spiro atoms. The zero-order valence-electron chi connectivity index (χ0n) is 13.9. The third kappa shape index (κ3) is 2.84. The Kier molecular flexibility index (Phi) is 3.88. The maximum atomic E-state index is 13.4. The fraction of sp³-hybridized carbons (Fsp3) is 0.190. The van der Waals surface area contributed by atoms with Crippen molar-refractivity contribution in [2.75, 3.05) is 6.54 Å². The molecule has 25 heavy (non-hydrogen) atoms. The van der Waals surface area contributed by atoms with E-state index in [1.54, 1.807) is 18.2 Å². The molecular weight excluding hydrogens is 317 g/mol. The van der Waals surface area contributed by atoms with Gasteiger partial charge in [0.2, 0.25) is 0 Å². The van der Waals surface area contributed by atoms with Crippen LogP contribution in [-0.2, 0) is 6.42 Å². The Labute approximate surface area is 145 Å². The van der Waals surface area contributed by atoms with Gasteiger partial charge in [-0.25, -0.2) is 4.39 Å². The van der Waals surface area contributed by atoms with Crippen LogP contribution >= 0.6 is 0 Å². The van der Waals surface area contributed by atoms with E-state index in [4.69, 9.17) is 4.42 Å². The van der Waals surface area contributed by atoms with E-state index in [1.807, 2.05) is 30.0 Å². The molecule has 4 rings (SSSR count). The third-order valence-corrected chi connectivity index (χ3v) is 4.71. The average Bonchev–Trinajstić information content (AvgIpc) is 3.07. The van der Waals surface area contributed by atoms with Gasteiger partial charge in [0.25, 0.3) is 5.91 Å². The molecule has 126 valence electrons. The minimum Gasteiger partial charge on any atom is -0.469 e. The standard InChI is InChI=1S/C21H18FNO2/c1-14-12-17(13-25-14)21(24)23-11-10-15-4-2-3-5-19(15)20(23)16-6-8-18(22)9-7-16/h2-9,12-13,20H,10-11H2,1H3. The van der Waals surface area contributed by atoms with Crippen molar-refractivity contribution < 1.29 is 13.6 Å². The molecule has 1 aliphatic rings. The second-order valence-electron chi connectivity index (χ2n) is 6.35. The number of furan rings is 1. The molecule has 0 aliphatic carbocycles. The lowest BCUT2D eigenvalue weighted by Crippen LogP contribution is -2.40. The number of nitrogens with zero attached hydrogens (tertiary/aromatic N) is 1. The van der Waals surface area contributed by atoms with E-state index in [2.05, 4.69) is 6.07 Å². The van der Waals surface area contributed by atoms with Crippen LogP contribution in [0.25, 0.3) is 0 Å². The molecule has 1 amide bonds. The van der Waals surface area contributed by atoms with E-state index in [1.165, 1.54) is 24.0 Å². The first-order chi connectivity index (χ1) is 12.1. The van der Waals surface area contributed by atoms with Gasteiger partial charge in [-0.2, -0.15) is 0 Å². The number of benzene rings is 2. The number of halogens is 1. The first kappa shape index (κ1) is 15.6. The first-order valence-corrected chi connectivity index (χ1v) is 8.33. The summed E-state index contributed by atoms with van der Waals surface area (Å²) < 4.78 is 18.7. The van der Waals surface area contributed by atoms with Crippen LogP contribution in [0.2, 0.25) is 0 Å². The van der Waals surface area contributed by atoms with Crippen LogP contribution in [0.15, 0.2) is 65.3 Å². The number of rotatable bonds is 2. The van der Waals surface area contributed by atoms with Crippen LogP contribution < -0.4 is 0 Å². The molecule has 0 bridgehead atoms. The Balaban J connectivity index is 1.80. The van der Waals surface area contributed by atoms with Crippen LogP contribution in [-0.4, -0.2) is 17.4 Å². The van der Waals surface area contributed by atoms with Crippen molar-refractivity contribution >= 4 is 5.91 Å². The molecule has 3 nitrogen and oxygen atoms in total.